The number of rotatable bonds is 6. The largest absolute Gasteiger partial charge is 0.480 e. The zero-order valence-electron chi connectivity index (χ0n) is 19.4. The van der Waals surface area contributed by atoms with E-state index in [1.54, 1.807) is 63.2 Å². The van der Waals surface area contributed by atoms with Crippen molar-refractivity contribution < 1.29 is 19.1 Å². The Morgan fingerprint density at radius 3 is 2.38 bits per heavy atom. The molecule has 0 radical (unpaired) electrons. The molecule has 0 unspecified atom stereocenters. The minimum absolute atomic E-state index is 0.285. The van der Waals surface area contributed by atoms with E-state index < -0.39 is 11.6 Å². The first-order valence-electron chi connectivity index (χ1n) is 11.1. The molecule has 3 aromatic carbocycles. The molecule has 34 heavy (non-hydrogen) atoms. The number of anilines is 2. The van der Waals surface area contributed by atoms with Gasteiger partial charge in [-0.15, -0.1) is 0 Å². The van der Waals surface area contributed by atoms with Crippen LogP contribution in [0.5, 0.6) is 5.75 Å². The number of carbonyl (C=O) groups excluding carboxylic acids is 3. The predicted octanol–water partition coefficient (Wildman–Crippen LogP) is 4.15. The third-order valence-electron chi connectivity index (χ3n) is 5.81. The number of benzene rings is 3. The molecule has 1 heterocycles. The van der Waals surface area contributed by atoms with Crippen molar-refractivity contribution in [3.63, 3.8) is 0 Å². The van der Waals surface area contributed by atoms with Crippen molar-refractivity contribution in [2.75, 3.05) is 10.2 Å². The quantitative estimate of drug-likeness (QED) is 0.582. The first kappa shape index (κ1) is 23.0. The van der Waals surface area contributed by atoms with Crippen LogP contribution in [-0.4, -0.2) is 29.4 Å². The summed E-state index contributed by atoms with van der Waals surface area (Å²) < 4.78 is 5.99. The van der Waals surface area contributed by atoms with Gasteiger partial charge in [-0.05, 0) is 50.6 Å². The second-order valence-corrected chi connectivity index (χ2v) is 8.63. The van der Waals surface area contributed by atoms with Crippen LogP contribution in [0.2, 0.25) is 0 Å². The lowest BCUT2D eigenvalue weighted by Gasteiger charge is -2.42. The monoisotopic (exact) mass is 457 g/mol. The summed E-state index contributed by atoms with van der Waals surface area (Å²) in [5.74, 6) is -0.678. The van der Waals surface area contributed by atoms with E-state index in [4.69, 9.17) is 4.74 Å². The van der Waals surface area contributed by atoms with Gasteiger partial charge < -0.3 is 15.4 Å². The molecular formula is C27H27N3O4. The van der Waals surface area contributed by atoms with E-state index in [1.807, 2.05) is 36.4 Å². The highest BCUT2D eigenvalue weighted by Crippen LogP contribution is 2.37. The van der Waals surface area contributed by atoms with Gasteiger partial charge >= 0.3 is 0 Å². The van der Waals surface area contributed by atoms with E-state index in [9.17, 15) is 14.4 Å². The Kier molecular flexibility index (Phi) is 6.36. The molecule has 4 rings (SSSR count). The maximum atomic E-state index is 13.5. The molecule has 0 aliphatic carbocycles. The number of fused-ring (bicyclic) bond motifs is 1. The van der Waals surface area contributed by atoms with Gasteiger partial charge in [0.1, 0.15) is 11.3 Å². The first-order chi connectivity index (χ1) is 16.3. The lowest BCUT2D eigenvalue weighted by molar-refractivity contribution is -0.130. The van der Waals surface area contributed by atoms with Crippen molar-refractivity contribution in [3.8, 4) is 5.75 Å². The van der Waals surface area contributed by atoms with E-state index in [2.05, 4.69) is 10.6 Å². The number of amides is 3. The van der Waals surface area contributed by atoms with Crippen LogP contribution in [-0.2, 0) is 16.1 Å². The third-order valence-corrected chi connectivity index (χ3v) is 5.81. The zero-order chi connectivity index (χ0) is 24.3. The average Bonchev–Trinajstić information content (AvgIpc) is 2.84. The molecule has 0 saturated carbocycles. The predicted molar refractivity (Wildman–Crippen MR) is 131 cm³/mol. The Hall–Kier alpha value is -4.13. The molecule has 2 N–H and O–H groups in total. The fraction of sp³-hybridized carbons (Fsp3) is 0.222. The van der Waals surface area contributed by atoms with Gasteiger partial charge in [-0.1, -0.05) is 54.6 Å². The molecule has 3 amide bonds. The van der Waals surface area contributed by atoms with Crippen LogP contribution in [0.25, 0.3) is 0 Å². The van der Waals surface area contributed by atoms with E-state index in [-0.39, 0.29) is 17.7 Å². The van der Waals surface area contributed by atoms with Crippen molar-refractivity contribution in [2.24, 2.45) is 0 Å². The third kappa shape index (κ3) is 4.50. The molecule has 0 aromatic heterocycles. The van der Waals surface area contributed by atoms with Crippen molar-refractivity contribution in [2.45, 2.75) is 39.0 Å². The minimum atomic E-state index is -1.12. The van der Waals surface area contributed by atoms with E-state index in [1.165, 1.54) is 4.90 Å². The number of ether oxygens (including phenoxy) is 1. The molecule has 0 bridgehead atoms. The van der Waals surface area contributed by atoms with E-state index >= 15 is 0 Å². The van der Waals surface area contributed by atoms with Gasteiger partial charge in [-0.2, -0.15) is 0 Å². The van der Waals surface area contributed by atoms with E-state index in [0.717, 1.165) is 5.56 Å². The highest BCUT2D eigenvalue weighted by molar-refractivity contribution is 6.15. The maximum absolute atomic E-state index is 13.5. The average molecular weight is 458 g/mol. The molecule has 7 nitrogen and oxygen atoms in total. The van der Waals surface area contributed by atoms with Crippen LogP contribution in [0.3, 0.4) is 0 Å². The summed E-state index contributed by atoms with van der Waals surface area (Å²) in [6, 6.07) is 23.5. The Balaban J connectivity index is 1.54. The SMILES string of the molecule is C[C@@H](Oc1ccccc1C(=O)NCc1ccccc1)C(=O)N1c2ccccc2NC(=O)C1(C)C. The van der Waals surface area contributed by atoms with Crippen molar-refractivity contribution in [1.82, 2.24) is 5.32 Å². The van der Waals surface area contributed by atoms with Gasteiger partial charge in [0.25, 0.3) is 11.8 Å². The maximum Gasteiger partial charge on any atom is 0.268 e. The second-order valence-electron chi connectivity index (χ2n) is 8.63. The first-order valence-corrected chi connectivity index (χ1v) is 11.1. The van der Waals surface area contributed by atoms with Crippen molar-refractivity contribution >= 4 is 29.1 Å². The summed E-state index contributed by atoms with van der Waals surface area (Å²) in [4.78, 5) is 40.6. The molecule has 1 atom stereocenters. The standard InChI is InChI=1S/C27H27N3O4/c1-18(25(32)30-22-15-9-8-14-21(22)29-26(33)27(30,2)3)34-23-16-10-7-13-20(23)24(31)28-17-19-11-5-4-6-12-19/h4-16,18H,17H2,1-3H3,(H,28,31)(H,29,33)/t18-/m1/s1. The summed E-state index contributed by atoms with van der Waals surface area (Å²) in [6.07, 6.45) is -0.943. The Morgan fingerprint density at radius 1 is 0.971 bits per heavy atom. The van der Waals surface area contributed by atoms with Gasteiger partial charge in [0, 0.05) is 6.54 Å². The lowest BCUT2D eigenvalue weighted by Crippen LogP contribution is -2.60. The topological polar surface area (TPSA) is 87.7 Å². The summed E-state index contributed by atoms with van der Waals surface area (Å²) >= 11 is 0. The highest BCUT2D eigenvalue weighted by atomic mass is 16.5. The Morgan fingerprint density at radius 2 is 1.62 bits per heavy atom. The van der Waals surface area contributed by atoms with Gasteiger partial charge in [0.15, 0.2) is 6.10 Å². The summed E-state index contributed by atoms with van der Waals surface area (Å²) in [5.41, 5.74) is 1.35. The van der Waals surface area contributed by atoms with Gasteiger partial charge in [0.05, 0.1) is 16.9 Å². The van der Waals surface area contributed by atoms with Crippen LogP contribution in [0, 0.1) is 0 Å². The minimum Gasteiger partial charge on any atom is -0.480 e. The molecule has 0 spiro atoms. The van der Waals surface area contributed by atoms with Crippen molar-refractivity contribution in [3.05, 3.63) is 90.0 Å². The Bertz CT molecular complexity index is 1220. The number of hydrogen-bond donors (Lipinski definition) is 2. The van der Waals surface area contributed by atoms with Gasteiger partial charge in [0.2, 0.25) is 5.91 Å². The van der Waals surface area contributed by atoms with Gasteiger partial charge in [-0.3, -0.25) is 19.3 Å². The summed E-state index contributed by atoms with van der Waals surface area (Å²) in [5, 5.41) is 5.73. The smallest absolute Gasteiger partial charge is 0.268 e. The summed E-state index contributed by atoms with van der Waals surface area (Å²) in [7, 11) is 0. The number of hydrogen-bond acceptors (Lipinski definition) is 4. The molecular weight excluding hydrogens is 430 g/mol. The molecule has 174 valence electrons. The fourth-order valence-electron chi connectivity index (χ4n) is 3.90. The molecule has 1 aliphatic heterocycles. The number of para-hydroxylation sites is 3. The number of nitrogens with one attached hydrogen (secondary N) is 2. The second kappa shape index (κ2) is 9.39. The molecule has 0 fully saturated rings. The van der Waals surface area contributed by atoms with Crippen LogP contribution in [0.15, 0.2) is 78.9 Å². The molecule has 3 aromatic rings. The van der Waals surface area contributed by atoms with Crippen molar-refractivity contribution in [1.29, 1.82) is 0 Å². The highest BCUT2D eigenvalue weighted by Gasteiger charge is 2.45. The Labute approximate surface area is 198 Å². The normalized spacial score (nSPS) is 15.0. The number of nitrogens with zero attached hydrogens (tertiary/aromatic N) is 1. The van der Waals surface area contributed by atoms with Gasteiger partial charge in [-0.25, -0.2) is 0 Å². The van der Waals surface area contributed by atoms with Crippen LogP contribution in [0.1, 0.15) is 36.7 Å². The lowest BCUT2D eigenvalue weighted by atomic mass is 9.95. The van der Waals surface area contributed by atoms with E-state index in [0.29, 0.717) is 29.2 Å². The van der Waals surface area contributed by atoms with Crippen LogP contribution < -0.4 is 20.3 Å². The molecule has 0 saturated heterocycles. The van der Waals surface area contributed by atoms with Crippen LogP contribution in [0.4, 0.5) is 11.4 Å². The number of carbonyl (C=O) groups is 3. The molecule has 1 aliphatic rings. The summed E-state index contributed by atoms with van der Waals surface area (Å²) in [6.45, 7) is 5.37. The van der Waals surface area contributed by atoms with Crippen LogP contribution >= 0.6 is 0 Å². The zero-order valence-corrected chi connectivity index (χ0v) is 19.4. The fourth-order valence-corrected chi connectivity index (χ4v) is 3.90. The molecule has 7 heteroatoms.